The van der Waals surface area contributed by atoms with E-state index in [0.29, 0.717) is 36.6 Å². The van der Waals surface area contributed by atoms with Gasteiger partial charge in [-0.2, -0.15) is 0 Å². The molecule has 172 valence electrons. The maximum atomic E-state index is 12.5. The third kappa shape index (κ3) is 5.29. The van der Waals surface area contributed by atoms with Crippen LogP contribution in [-0.2, 0) is 27.1 Å². The molecule has 1 saturated heterocycles. The lowest BCUT2D eigenvalue weighted by Gasteiger charge is -2.24. The first-order valence-electron chi connectivity index (χ1n) is 11.0. The Bertz CT molecular complexity index is 943. The van der Waals surface area contributed by atoms with Gasteiger partial charge in [-0.25, -0.2) is 4.79 Å². The van der Waals surface area contributed by atoms with Crippen molar-refractivity contribution in [2.75, 3.05) is 25.1 Å². The molecule has 1 aromatic heterocycles. The van der Waals surface area contributed by atoms with Gasteiger partial charge in [-0.05, 0) is 43.2 Å². The number of aromatic carboxylic acids is 1. The minimum atomic E-state index is -0.963. The quantitative estimate of drug-likeness (QED) is 0.479. The van der Waals surface area contributed by atoms with E-state index in [4.69, 9.17) is 15.2 Å². The molecule has 9 heteroatoms. The van der Waals surface area contributed by atoms with E-state index < -0.39 is 18.1 Å². The number of ether oxygens (including phenoxy) is 2. The van der Waals surface area contributed by atoms with E-state index in [2.05, 4.69) is 10.6 Å². The van der Waals surface area contributed by atoms with Gasteiger partial charge < -0.3 is 30.9 Å². The van der Waals surface area contributed by atoms with Crippen molar-refractivity contribution in [1.29, 1.82) is 0 Å². The molecule has 0 aliphatic carbocycles. The molecular formula is C23H29N3O5S. The topological polar surface area (TPSA) is 123 Å². The zero-order valence-electron chi connectivity index (χ0n) is 17.8. The number of carboxylic acid groups (broad SMARTS) is 1. The van der Waals surface area contributed by atoms with Gasteiger partial charge in [-0.1, -0.05) is 30.3 Å². The van der Waals surface area contributed by atoms with E-state index in [1.807, 2.05) is 30.3 Å². The number of rotatable bonds is 8. The van der Waals surface area contributed by atoms with Crippen LogP contribution in [0.4, 0.5) is 5.00 Å². The predicted molar refractivity (Wildman–Crippen MR) is 122 cm³/mol. The molecule has 0 saturated carbocycles. The number of nitrogens with one attached hydrogen (secondary N) is 2. The van der Waals surface area contributed by atoms with Crippen molar-refractivity contribution in [2.45, 2.75) is 50.5 Å². The highest BCUT2D eigenvalue weighted by atomic mass is 32.1. The summed E-state index contributed by atoms with van der Waals surface area (Å²) < 4.78 is 11.6. The minimum Gasteiger partial charge on any atom is -0.478 e. The molecule has 0 bridgehead atoms. The molecule has 5 N–H and O–H groups in total. The molecule has 8 nitrogen and oxygen atoms in total. The number of amides is 1. The highest BCUT2D eigenvalue weighted by Gasteiger charge is 2.32. The molecule has 2 unspecified atom stereocenters. The van der Waals surface area contributed by atoms with Crippen LogP contribution in [0.1, 0.15) is 51.7 Å². The Morgan fingerprint density at radius 1 is 1.19 bits per heavy atom. The second-order valence-electron chi connectivity index (χ2n) is 8.10. The fourth-order valence-corrected chi connectivity index (χ4v) is 5.47. The Morgan fingerprint density at radius 3 is 2.72 bits per heavy atom. The SMILES string of the molecule is N[C@H](Cc1ccccc1)C(=O)NCC1OCCc2c1sc(NC1CCCCO1)c2C(=O)O. The summed E-state index contributed by atoms with van der Waals surface area (Å²) in [6.07, 6.45) is 3.30. The molecule has 0 radical (unpaired) electrons. The number of carbonyl (C=O) groups is 2. The highest BCUT2D eigenvalue weighted by molar-refractivity contribution is 7.16. The van der Waals surface area contributed by atoms with Crippen molar-refractivity contribution in [3.8, 4) is 0 Å². The van der Waals surface area contributed by atoms with Crippen molar-refractivity contribution in [1.82, 2.24) is 5.32 Å². The normalized spacial score (nSPS) is 21.4. The fraction of sp³-hybridized carbons (Fsp3) is 0.478. The van der Waals surface area contributed by atoms with E-state index >= 15 is 0 Å². The van der Waals surface area contributed by atoms with Crippen LogP contribution < -0.4 is 16.4 Å². The zero-order chi connectivity index (χ0) is 22.5. The largest absolute Gasteiger partial charge is 0.478 e. The predicted octanol–water partition coefficient (Wildman–Crippen LogP) is 2.68. The molecule has 4 rings (SSSR count). The van der Waals surface area contributed by atoms with Crippen LogP contribution in [0.2, 0.25) is 0 Å². The summed E-state index contributed by atoms with van der Waals surface area (Å²) in [6, 6.07) is 8.96. The van der Waals surface area contributed by atoms with Gasteiger partial charge >= 0.3 is 5.97 Å². The van der Waals surface area contributed by atoms with E-state index in [1.165, 1.54) is 11.3 Å². The van der Waals surface area contributed by atoms with Gasteiger partial charge in [0.1, 0.15) is 17.3 Å². The molecule has 2 aromatic rings. The van der Waals surface area contributed by atoms with Crippen LogP contribution in [0.5, 0.6) is 0 Å². The Hall–Kier alpha value is -2.46. The summed E-state index contributed by atoms with van der Waals surface area (Å²) in [6.45, 7) is 1.32. The Labute approximate surface area is 191 Å². The van der Waals surface area contributed by atoms with Gasteiger partial charge in [0.25, 0.3) is 0 Å². The third-order valence-electron chi connectivity index (χ3n) is 5.78. The van der Waals surface area contributed by atoms with Crippen molar-refractivity contribution >= 4 is 28.2 Å². The average molecular weight is 460 g/mol. The van der Waals surface area contributed by atoms with Crippen molar-refractivity contribution in [3.63, 3.8) is 0 Å². The zero-order valence-corrected chi connectivity index (χ0v) is 18.7. The van der Waals surface area contributed by atoms with Crippen molar-refractivity contribution < 1.29 is 24.2 Å². The standard InChI is InChI=1S/C23H29N3O5S/c24-16(12-14-6-2-1-3-7-14)21(27)25-13-17-20-15(9-11-30-17)19(23(28)29)22(32-20)26-18-8-4-5-10-31-18/h1-3,6-7,16-18,26H,4-5,8-13,24H2,(H,25,27)(H,28,29)/t16-,17?,18?/m1/s1. The summed E-state index contributed by atoms with van der Waals surface area (Å²) in [7, 11) is 0. The summed E-state index contributed by atoms with van der Waals surface area (Å²) in [5.74, 6) is -1.22. The maximum absolute atomic E-state index is 12.5. The van der Waals surface area contributed by atoms with Crippen LogP contribution in [0.25, 0.3) is 0 Å². The Balaban J connectivity index is 1.43. The number of hydrogen-bond acceptors (Lipinski definition) is 7. The molecule has 1 fully saturated rings. The summed E-state index contributed by atoms with van der Waals surface area (Å²) in [5.41, 5.74) is 8.15. The number of carbonyl (C=O) groups excluding carboxylic acids is 1. The Kier molecular flexibility index (Phi) is 7.41. The van der Waals surface area contributed by atoms with Crippen LogP contribution in [0.3, 0.4) is 0 Å². The van der Waals surface area contributed by atoms with Gasteiger partial charge in [0.2, 0.25) is 5.91 Å². The maximum Gasteiger partial charge on any atom is 0.338 e. The molecule has 3 heterocycles. The van der Waals surface area contributed by atoms with E-state index in [-0.39, 0.29) is 18.7 Å². The number of benzene rings is 1. The molecular weight excluding hydrogens is 430 g/mol. The van der Waals surface area contributed by atoms with Gasteiger partial charge in [0.15, 0.2) is 0 Å². The molecule has 3 atom stereocenters. The van der Waals surface area contributed by atoms with E-state index in [9.17, 15) is 14.7 Å². The second kappa shape index (κ2) is 10.4. The first kappa shape index (κ1) is 22.7. The molecule has 1 amide bonds. The molecule has 32 heavy (non-hydrogen) atoms. The molecule has 2 aliphatic rings. The van der Waals surface area contributed by atoms with Gasteiger partial charge in [0.05, 0.1) is 18.2 Å². The average Bonchev–Trinajstić information content (AvgIpc) is 3.17. The summed E-state index contributed by atoms with van der Waals surface area (Å²) >= 11 is 1.38. The minimum absolute atomic E-state index is 0.183. The van der Waals surface area contributed by atoms with Crippen LogP contribution in [0, 0.1) is 0 Å². The number of thiophene rings is 1. The van der Waals surface area contributed by atoms with Crippen LogP contribution >= 0.6 is 11.3 Å². The molecule has 0 spiro atoms. The van der Waals surface area contributed by atoms with E-state index in [1.54, 1.807) is 0 Å². The number of carboxylic acids is 1. The van der Waals surface area contributed by atoms with Gasteiger partial charge in [-0.15, -0.1) is 11.3 Å². The lowest BCUT2D eigenvalue weighted by molar-refractivity contribution is -0.123. The first-order chi connectivity index (χ1) is 15.5. The number of nitrogens with two attached hydrogens (primary N) is 1. The van der Waals surface area contributed by atoms with Crippen LogP contribution in [-0.4, -0.2) is 49.0 Å². The van der Waals surface area contributed by atoms with E-state index in [0.717, 1.165) is 35.3 Å². The third-order valence-corrected chi connectivity index (χ3v) is 7.04. The summed E-state index contributed by atoms with van der Waals surface area (Å²) in [5, 5.41) is 16.6. The molecule has 1 aromatic carbocycles. The number of fused-ring (bicyclic) bond motifs is 1. The van der Waals surface area contributed by atoms with Gasteiger partial charge in [0, 0.05) is 18.0 Å². The summed E-state index contributed by atoms with van der Waals surface area (Å²) in [4.78, 5) is 25.4. The monoisotopic (exact) mass is 459 g/mol. The number of hydrogen-bond donors (Lipinski definition) is 4. The lowest BCUT2D eigenvalue weighted by Crippen LogP contribution is -2.44. The lowest BCUT2D eigenvalue weighted by atomic mass is 10.0. The van der Waals surface area contributed by atoms with Crippen LogP contribution in [0.15, 0.2) is 30.3 Å². The smallest absolute Gasteiger partial charge is 0.338 e. The van der Waals surface area contributed by atoms with Crippen molar-refractivity contribution in [2.24, 2.45) is 5.73 Å². The fourth-order valence-electron chi connectivity index (χ4n) is 4.14. The number of anilines is 1. The first-order valence-corrected chi connectivity index (χ1v) is 11.8. The van der Waals surface area contributed by atoms with Gasteiger partial charge in [-0.3, -0.25) is 4.79 Å². The Morgan fingerprint density at radius 2 is 2.00 bits per heavy atom. The molecule has 2 aliphatic heterocycles. The second-order valence-corrected chi connectivity index (χ2v) is 9.16. The van der Waals surface area contributed by atoms with Crippen molar-refractivity contribution in [3.05, 3.63) is 51.9 Å². The highest BCUT2D eigenvalue weighted by Crippen LogP contribution is 2.42.